The molecule has 0 spiro atoms. The lowest BCUT2D eigenvalue weighted by atomic mass is 10.0. The van der Waals surface area contributed by atoms with E-state index in [1.807, 2.05) is 6.08 Å². The fourth-order valence-electron chi connectivity index (χ4n) is 12.0. The van der Waals surface area contributed by atoms with E-state index in [0.717, 1.165) is 38.5 Å². The normalized spacial score (nSPS) is 12.8. The molecule has 4 heteroatoms. The van der Waals surface area contributed by atoms with Crippen LogP contribution >= 0.6 is 0 Å². The summed E-state index contributed by atoms with van der Waals surface area (Å²) >= 11 is 0. The maximum absolute atomic E-state index is 12.5. The van der Waals surface area contributed by atoms with E-state index >= 15 is 0 Å². The van der Waals surface area contributed by atoms with Gasteiger partial charge in [0.1, 0.15) is 0 Å². The molecule has 0 aliphatic heterocycles. The van der Waals surface area contributed by atoms with Gasteiger partial charge in [0.05, 0.1) is 18.8 Å². The van der Waals surface area contributed by atoms with Crippen molar-refractivity contribution in [1.29, 1.82) is 0 Å². The molecule has 474 valence electrons. The minimum atomic E-state index is -0.871. The Morgan fingerprint density at radius 3 is 0.725 bits per heavy atom. The number of hydrogen-bond donors (Lipinski definition) is 3. The third-order valence-corrected chi connectivity index (χ3v) is 17.6. The fraction of sp³-hybridized carbons (Fsp3) is 0.908. The van der Waals surface area contributed by atoms with E-state index in [2.05, 4.69) is 43.5 Å². The molecule has 0 heterocycles. The quantitative estimate of drug-likeness (QED) is 0.0420. The summed E-state index contributed by atoms with van der Waals surface area (Å²) in [6.07, 6.45) is 99.9. The van der Waals surface area contributed by atoms with Crippen LogP contribution in [0.25, 0.3) is 0 Å². The highest BCUT2D eigenvalue weighted by Gasteiger charge is 2.18. The van der Waals surface area contributed by atoms with Gasteiger partial charge >= 0.3 is 0 Å². The molecule has 80 heavy (non-hydrogen) atoms. The van der Waals surface area contributed by atoms with E-state index in [1.54, 1.807) is 6.08 Å². The molecule has 4 nitrogen and oxygen atoms in total. The molecule has 1 amide bonds. The zero-order valence-electron chi connectivity index (χ0n) is 54.9. The number of aliphatic hydroxyl groups excluding tert-OH is 2. The Hall–Kier alpha value is -1.39. The van der Waals surface area contributed by atoms with Crippen LogP contribution < -0.4 is 5.32 Å². The first-order chi connectivity index (χ1) is 39.7. The van der Waals surface area contributed by atoms with Crippen LogP contribution in [0.1, 0.15) is 425 Å². The molecule has 0 saturated carbocycles. The number of nitrogens with one attached hydrogen (secondary N) is 1. The lowest BCUT2D eigenvalue weighted by molar-refractivity contribution is -0.123. The smallest absolute Gasteiger partial charge is 0.220 e. The number of carbonyl (C=O) groups is 1. The summed E-state index contributed by atoms with van der Waals surface area (Å²) in [5.74, 6) is -0.0690. The Bertz CT molecular complexity index is 1230. The Kier molecular flexibility index (Phi) is 70.6. The summed E-state index contributed by atoms with van der Waals surface area (Å²) in [4.78, 5) is 12.5. The van der Waals surface area contributed by atoms with Crippen LogP contribution in [0.3, 0.4) is 0 Å². The molecule has 0 aliphatic rings. The standard InChI is InChI=1S/C76H147NO3/c1-3-5-7-9-11-13-15-17-19-21-23-25-27-29-31-32-33-34-35-36-37-38-39-40-41-42-43-44-46-48-50-52-54-56-58-60-62-64-66-68-70-72-76(80)77-74(73-78)75(79)71-69-67-65-63-61-59-57-55-53-51-49-47-45-30-28-26-24-22-20-18-16-14-12-10-8-6-4-2/h53,55,61,63,69,71,74-75,78-79H,3-52,54,56-60,62,64-68,70,72-73H2,1-2H3,(H,77,80)/b55-53+,63-61+,71-69+. The summed E-state index contributed by atoms with van der Waals surface area (Å²) < 4.78 is 0. The van der Waals surface area contributed by atoms with Crippen molar-refractivity contribution in [3.05, 3.63) is 36.5 Å². The molecule has 0 aliphatic carbocycles. The number of unbranched alkanes of at least 4 members (excludes halogenated alkanes) is 59. The maximum Gasteiger partial charge on any atom is 0.220 e. The van der Waals surface area contributed by atoms with E-state index in [9.17, 15) is 15.0 Å². The third kappa shape index (κ3) is 67.4. The average Bonchev–Trinajstić information content (AvgIpc) is 3.46. The monoisotopic (exact) mass is 1120 g/mol. The van der Waals surface area contributed by atoms with Crippen LogP contribution in [0.2, 0.25) is 0 Å². The summed E-state index contributed by atoms with van der Waals surface area (Å²) in [5, 5.41) is 23.3. The number of hydrogen-bond acceptors (Lipinski definition) is 3. The van der Waals surface area contributed by atoms with Crippen molar-refractivity contribution < 1.29 is 15.0 Å². The van der Waals surface area contributed by atoms with Crippen molar-refractivity contribution in [2.45, 2.75) is 437 Å². The lowest BCUT2D eigenvalue weighted by Gasteiger charge is -2.19. The van der Waals surface area contributed by atoms with Crippen LogP contribution in [0.5, 0.6) is 0 Å². The first-order valence-corrected chi connectivity index (χ1v) is 37.2. The maximum atomic E-state index is 12.5. The number of rotatable bonds is 70. The topological polar surface area (TPSA) is 69.6 Å². The molecule has 0 saturated heterocycles. The zero-order chi connectivity index (χ0) is 57.6. The van der Waals surface area contributed by atoms with E-state index in [4.69, 9.17) is 0 Å². The number of carbonyl (C=O) groups excluding carboxylic acids is 1. The molecule has 0 aromatic rings. The fourth-order valence-corrected chi connectivity index (χ4v) is 12.0. The van der Waals surface area contributed by atoms with Crippen LogP contribution in [0.15, 0.2) is 36.5 Å². The van der Waals surface area contributed by atoms with Crippen LogP contribution in [0, 0.1) is 0 Å². The van der Waals surface area contributed by atoms with Gasteiger partial charge < -0.3 is 15.5 Å². The third-order valence-electron chi connectivity index (χ3n) is 17.6. The van der Waals surface area contributed by atoms with Crippen LogP contribution in [0.4, 0.5) is 0 Å². The van der Waals surface area contributed by atoms with Crippen molar-refractivity contribution in [2.75, 3.05) is 6.61 Å². The molecule has 0 bridgehead atoms. The van der Waals surface area contributed by atoms with Gasteiger partial charge in [0.25, 0.3) is 0 Å². The molecular weight excluding hydrogens is 975 g/mol. The highest BCUT2D eigenvalue weighted by Crippen LogP contribution is 2.20. The number of aliphatic hydroxyl groups is 2. The summed E-state index contributed by atoms with van der Waals surface area (Å²) in [7, 11) is 0. The predicted molar refractivity (Wildman–Crippen MR) is 359 cm³/mol. The van der Waals surface area contributed by atoms with Gasteiger partial charge in [-0.3, -0.25) is 4.79 Å². The SMILES string of the molecule is CCCCCCCCCCCCCCCCCCC/C=C/CC/C=C/CC/C=C/C(O)C(CO)NC(=O)CCCCCCCCCCCCCCCCCCCCCCCCCCCCCCCCCCCCCCCCCCC. The van der Waals surface area contributed by atoms with E-state index in [1.165, 1.54) is 366 Å². The van der Waals surface area contributed by atoms with Gasteiger partial charge in [-0.25, -0.2) is 0 Å². The van der Waals surface area contributed by atoms with Gasteiger partial charge in [-0.1, -0.05) is 410 Å². The largest absolute Gasteiger partial charge is 0.394 e. The zero-order valence-corrected chi connectivity index (χ0v) is 54.9. The van der Waals surface area contributed by atoms with Gasteiger partial charge in [-0.05, 0) is 44.9 Å². The highest BCUT2D eigenvalue weighted by atomic mass is 16.3. The molecule has 0 aromatic carbocycles. The molecule has 0 radical (unpaired) electrons. The summed E-state index contributed by atoms with van der Waals surface area (Å²) in [6, 6.07) is -0.646. The van der Waals surface area contributed by atoms with Gasteiger partial charge in [0.2, 0.25) is 5.91 Å². The van der Waals surface area contributed by atoms with E-state index in [0.29, 0.717) is 6.42 Å². The molecule has 2 atom stereocenters. The minimum Gasteiger partial charge on any atom is -0.394 e. The van der Waals surface area contributed by atoms with Gasteiger partial charge in [0.15, 0.2) is 0 Å². The highest BCUT2D eigenvalue weighted by molar-refractivity contribution is 5.76. The molecule has 3 N–H and O–H groups in total. The number of amides is 1. The first kappa shape index (κ1) is 78.6. The first-order valence-electron chi connectivity index (χ1n) is 37.2. The van der Waals surface area contributed by atoms with Crippen molar-refractivity contribution in [3.63, 3.8) is 0 Å². The van der Waals surface area contributed by atoms with Gasteiger partial charge in [-0.15, -0.1) is 0 Å². The molecular formula is C76H147NO3. The van der Waals surface area contributed by atoms with Crippen molar-refractivity contribution in [1.82, 2.24) is 5.32 Å². The number of allylic oxidation sites excluding steroid dienone is 5. The average molecular weight is 1120 g/mol. The second-order valence-electron chi connectivity index (χ2n) is 25.7. The van der Waals surface area contributed by atoms with Crippen LogP contribution in [-0.2, 0) is 4.79 Å². The van der Waals surface area contributed by atoms with Crippen molar-refractivity contribution in [2.24, 2.45) is 0 Å². The van der Waals surface area contributed by atoms with E-state index < -0.39 is 12.1 Å². The van der Waals surface area contributed by atoms with Crippen LogP contribution in [-0.4, -0.2) is 34.9 Å². The predicted octanol–water partition coefficient (Wildman–Crippen LogP) is 25.5. The Morgan fingerprint density at radius 1 is 0.287 bits per heavy atom. The molecule has 0 rings (SSSR count). The second-order valence-corrected chi connectivity index (χ2v) is 25.7. The summed E-state index contributed by atoms with van der Waals surface area (Å²) in [5.41, 5.74) is 0. The molecule has 0 aromatic heterocycles. The van der Waals surface area contributed by atoms with Gasteiger partial charge in [0, 0.05) is 6.42 Å². The minimum absolute atomic E-state index is 0.0690. The van der Waals surface area contributed by atoms with Crippen molar-refractivity contribution >= 4 is 5.91 Å². The molecule has 2 unspecified atom stereocenters. The Morgan fingerprint density at radius 2 is 0.487 bits per heavy atom. The molecule has 0 fully saturated rings. The van der Waals surface area contributed by atoms with E-state index in [-0.39, 0.29) is 12.5 Å². The second kappa shape index (κ2) is 71.9. The van der Waals surface area contributed by atoms with Crippen molar-refractivity contribution in [3.8, 4) is 0 Å². The lowest BCUT2D eigenvalue weighted by Crippen LogP contribution is -2.45. The Balaban J connectivity index is 3.41. The van der Waals surface area contributed by atoms with Gasteiger partial charge in [-0.2, -0.15) is 0 Å². The Labute approximate surface area is 503 Å². The summed E-state index contributed by atoms with van der Waals surface area (Å²) in [6.45, 7) is 4.35.